The van der Waals surface area contributed by atoms with Gasteiger partial charge in [-0.25, -0.2) is 15.0 Å². The summed E-state index contributed by atoms with van der Waals surface area (Å²) in [5.41, 5.74) is 10.2. The van der Waals surface area contributed by atoms with Gasteiger partial charge in [0.1, 0.15) is 15.5 Å². The molecule has 4 heterocycles. The molecule has 0 saturated heterocycles. The van der Waals surface area contributed by atoms with E-state index >= 15 is 0 Å². The van der Waals surface area contributed by atoms with Gasteiger partial charge in [0, 0.05) is 42.4 Å². The van der Waals surface area contributed by atoms with Crippen molar-refractivity contribution in [2.75, 3.05) is 25.2 Å². The Morgan fingerprint density at radius 3 is 2.96 bits per heavy atom. The Kier molecular flexibility index (Phi) is 4.94. The van der Waals surface area contributed by atoms with Crippen LogP contribution in [-0.2, 0) is 11.8 Å². The molecule has 0 aliphatic carbocycles. The van der Waals surface area contributed by atoms with E-state index in [1.54, 1.807) is 54.1 Å². The Labute approximate surface area is 163 Å². The van der Waals surface area contributed by atoms with Crippen LogP contribution in [0.5, 0.6) is 0 Å². The summed E-state index contributed by atoms with van der Waals surface area (Å²) in [6.45, 7) is 0.685. The van der Waals surface area contributed by atoms with Gasteiger partial charge in [0.2, 0.25) is 0 Å². The van der Waals surface area contributed by atoms with Crippen molar-refractivity contribution < 1.29 is 4.74 Å². The number of thiophene rings is 1. The van der Waals surface area contributed by atoms with Crippen molar-refractivity contribution in [3.05, 3.63) is 30.2 Å². The molecule has 0 atom stereocenters. The van der Waals surface area contributed by atoms with E-state index in [1.807, 2.05) is 23.2 Å². The molecule has 0 fully saturated rings. The lowest BCUT2D eigenvalue weighted by atomic mass is 10.1. The fourth-order valence-electron chi connectivity index (χ4n) is 2.70. The van der Waals surface area contributed by atoms with Crippen molar-refractivity contribution in [1.29, 1.82) is 0 Å². The van der Waals surface area contributed by atoms with Crippen molar-refractivity contribution in [1.82, 2.24) is 19.5 Å². The maximum absolute atomic E-state index is 6.51. The molecule has 134 valence electrons. The topological polar surface area (TPSA) is 78.9 Å². The van der Waals surface area contributed by atoms with Gasteiger partial charge >= 0.3 is 0 Å². The van der Waals surface area contributed by atoms with Crippen molar-refractivity contribution in [3.63, 3.8) is 0 Å². The maximum atomic E-state index is 6.51. The number of methoxy groups -OCH3 is 1. The molecule has 0 aliphatic rings. The molecule has 4 rings (SSSR count). The number of nitrogen functional groups attached to an aromatic ring is 1. The molecule has 2 N–H and O–H groups in total. The van der Waals surface area contributed by atoms with Gasteiger partial charge in [-0.2, -0.15) is 0 Å². The smallest absolute Gasteiger partial charge is 0.141 e. The first-order valence-corrected chi connectivity index (χ1v) is 10.6. The van der Waals surface area contributed by atoms with E-state index in [0.717, 1.165) is 47.8 Å². The zero-order valence-corrected chi connectivity index (χ0v) is 16.7. The van der Waals surface area contributed by atoms with E-state index in [2.05, 4.69) is 16.0 Å². The number of thiazole rings is 1. The highest BCUT2D eigenvalue weighted by Crippen LogP contribution is 2.45. The minimum absolute atomic E-state index is 0.685. The SMILES string of the molecule is COCCSc1sc2nc(-c3nccs3)cc(-c3cncn3C)c2c1N. The lowest BCUT2D eigenvalue weighted by Gasteiger charge is -2.07. The third kappa shape index (κ3) is 3.11. The number of rotatable bonds is 6. The van der Waals surface area contributed by atoms with Crippen LogP contribution < -0.4 is 5.73 Å². The molecular weight excluding hydrogens is 386 g/mol. The molecule has 6 nitrogen and oxygen atoms in total. The molecule has 0 unspecified atom stereocenters. The number of ether oxygens (including phenoxy) is 1. The van der Waals surface area contributed by atoms with E-state index in [-0.39, 0.29) is 0 Å². The molecule has 0 amide bonds. The first kappa shape index (κ1) is 17.5. The number of nitrogens with two attached hydrogens (primary N) is 1. The van der Waals surface area contributed by atoms with Crippen molar-refractivity contribution in [3.8, 4) is 22.0 Å². The normalized spacial score (nSPS) is 11.5. The lowest BCUT2D eigenvalue weighted by molar-refractivity contribution is 0.218. The Morgan fingerprint density at radius 2 is 2.27 bits per heavy atom. The summed E-state index contributed by atoms with van der Waals surface area (Å²) in [6.07, 6.45) is 5.45. The zero-order chi connectivity index (χ0) is 18.1. The van der Waals surface area contributed by atoms with Gasteiger partial charge in [-0.05, 0) is 6.07 Å². The molecule has 0 spiro atoms. The summed E-state index contributed by atoms with van der Waals surface area (Å²) in [7, 11) is 3.69. The fraction of sp³-hybridized carbons (Fsp3) is 0.235. The molecule has 0 aromatic carbocycles. The lowest BCUT2D eigenvalue weighted by Crippen LogP contribution is -1.95. The first-order chi connectivity index (χ1) is 12.7. The number of fused-ring (bicyclic) bond motifs is 1. The third-order valence-electron chi connectivity index (χ3n) is 3.93. The molecular formula is C17H17N5OS3. The summed E-state index contributed by atoms with van der Waals surface area (Å²) < 4.78 is 8.22. The van der Waals surface area contributed by atoms with Crippen LogP contribution in [0.3, 0.4) is 0 Å². The van der Waals surface area contributed by atoms with E-state index < -0.39 is 0 Å². The first-order valence-electron chi connectivity index (χ1n) is 7.90. The highest BCUT2D eigenvalue weighted by molar-refractivity contribution is 8.01. The van der Waals surface area contributed by atoms with Gasteiger partial charge in [0.05, 0.1) is 34.7 Å². The maximum Gasteiger partial charge on any atom is 0.141 e. The average Bonchev–Trinajstić information content (AvgIpc) is 3.36. The minimum atomic E-state index is 0.685. The van der Waals surface area contributed by atoms with Crippen LogP contribution >= 0.6 is 34.4 Å². The Hall–Kier alpha value is -1.94. The van der Waals surface area contributed by atoms with Gasteiger partial charge in [-0.1, -0.05) is 0 Å². The van der Waals surface area contributed by atoms with Gasteiger partial charge in [-0.15, -0.1) is 34.4 Å². The number of imidazole rings is 1. The second kappa shape index (κ2) is 7.36. The molecule has 0 aliphatic heterocycles. The number of hydrogen-bond donors (Lipinski definition) is 1. The quantitative estimate of drug-likeness (QED) is 0.385. The van der Waals surface area contributed by atoms with E-state index in [9.17, 15) is 0 Å². The van der Waals surface area contributed by atoms with Crippen LogP contribution in [0.25, 0.3) is 32.2 Å². The van der Waals surface area contributed by atoms with Crippen LogP contribution in [0.4, 0.5) is 5.69 Å². The van der Waals surface area contributed by atoms with Gasteiger partial charge in [0.25, 0.3) is 0 Å². The predicted molar refractivity (Wildman–Crippen MR) is 110 cm³/mol. The average molecular weight is 404 g/mol. The van der Waals surface area contributed by atoms with Gasteiger partial charge in [0.15, 0.2) is 0 Å². The number of nitrogens with zero attached hydrogens (tertiary/aromatic N) is 4. The summed E-state index contributed by atoms with van der Waals surface area (Å²) in [5.74, 6) is 0.855. The minimum Gasteiger partial charge on any atom is -0.397 e. The molecule has 9 heteroatoms. The van der Waals surface area contributed by atoms with E-state index in [1.165, 1.54) is 0 Å². The second-order valence-electron chi connectivity index (χ2n) is 5.61. The zero-order valence-electron chi connectivity index (χ0n) is 14.3. The Bertz CT molecular complexity index is 1040. The molecule has 0 bridgehead atoms. The Morgan fingerprint density at radius 1 is 1.38 bits per heavy atom. The summed E-state index contributed by atoms with van der Waals surface area (Å²) >= 11 is 4.90. The van der Waals surface area contributed by atoms with Crippen LogP contribution in [0.15, 0.2) is 34.4 Å². The molecule has 0 radical (unpaired) electrons. The monoisotopic (exact) mass is 403 g/mol. The summed E-state index contributed by atoms with van der Waals surface area (Å²) in [6, 6.07) is 2.06. The number of aryl methyl sites for hydroxylation is 1. The van der Waals surface area contributed by atoms with Gasteiger partial charge < -0.3 is 15.0 Å². The van der Waals surface area contributed by atoms with E-state index in [4.69, 9.17) is 15.5 Å². The molecule has 4 aromatic heterocycles. The third-order valence-corrected chi connectivity index (χ3v) is 7.08. The largest absolute Gasteiger partial charge is 0.397 e. The number of pyridine rings is 1. The predicted octanol–water partition coefficient (Wildman–Crippen LogP) is 4.14. The second-order valence-corrected chi connectivity index (χ2v) is 8.86. The van der Waals surface area contributed by atoms with Crippen LogP contribution in [0, 0.1) is 0 Å². The number of anilines is 1. The highest BCUT2D eigenvalue weighted by Gasteiger charge is 2.20. The molecule has 26 heavy (non-hydrogen) atoms. The van der Waals surface area contributed by atoms with Crippen molar-refractivity contribution in [2.24, 2.45) is 7.05 Å². The summed E-state index contributed by atoms with van der Waals surface area (Å²) in [4.78, 5) is 14.4. The van der Waals surface area contributed by atoms with Gasteiger partial charge in [-0.3, -0.25) is 0 Å². The van der Waals surface area contributed by atoms with Crippen LogP contribution in [-0.4, -0.2) is 39.0 Å². The van der Waals surface area contributed by atoms with Crippen LogP contribution in [0.1, 0.15) is 0 Å². The van der Waals surface area contributed by atoms with E-state index in [0.29, 0.717) is 6.61 Å². The molecule has 0 saturated carbocycles. The summed E-state index contributed by atoms with van der Waals surface area (Å²) in [5, 5.41) is 3.84. The number of hydrogen-bond acceptors (Lipinski definition) is 8. The molecule has 4 aromatic rings. The standard InChI is InChI=1S/C17H17N5OS3/c1-22-9-19-8-12(22)10-7-11(15-20-3-5-24-15)21-16-13(10)14(18)17(26-16)25-6-4-23-2/h3,5,7-9H,4,6,18H2,1-2H3. The van der Waals surface area contributed by atoms with Crippen molar-refractivity contribution in [2.45, 2.75) is 4.21 Å². The van der Waals surface area contributed by atoms with Crippen molar-refractivity contribution >= 4 is 50.3 Å². The van der Waals surface area contributed by atoms with Crippen LogP contribution in [0.2, 0.25) is 0 Å². The Balaban J connectivity index is 1.92. The number of thioether (sulfide) groups is 1. The highest BCUT2D eigenvalue weighted by atomic mass is 32.2. The fourth-order valence-corrected chi connectivity index (χ4v) is 5.57. The number of aromatic nitrogens is 4.